The summed E-state index contributed by atoms with van der Waals surface area (Å²) < 4.78 is 38.8. The number of ether oxygens (including phenoxy) is 2. The predicted octanol–water partition coefficient (Wildman–Crippen LogP) is 2.35. The van der Waals surface area contributed by atoms with Crippen LogP contribution in [0, 0.1) is 0 Å². The van der Waals surface area contributed by atoms with Crippen LogP contribution in [-0.2, 0) is 27.7 Å². The average Bonchev–Trinajstić information content (AvgIpc) is 2.78. The lowest BCUT2D eigenvalue weighted by molar-refractivity contribution is 0.0421. The number of nitrogens with one attached hydrogen (secondary N) is 1. The molecular formula is C20H23ClN4O5S. The molecule has 1 N–H and O–H groups in total. The van der Waals surface area contributed by atoms with Crippen LogP contribution in [0.4, 0.5) is 10.5 Å². The minimum Gasteiger partial charge on any atom is -0.495 e. The summed E-state index contributed by atoms with van der Waals surface area (Å²) in [5.41, 5.74) is 1.97. The number of fused-ring (bicyclic) bond motifs is 1. The highest BCUT2D eigenvalue weighted by Gasteiger charge is 2.27. The van der Waals surface area contributed by atoms with Crippen LogP contribution in [0.25, 0.3) is 0 Å². The molecule has 1 aromatic carbocycles. The number of morpholine rings is 1. The first-order valence-corrected chi connectivity index (χ1v) is 11.7. The lowest BCUT2D eigenvalue weighted by atomic mass is 10.1. The highest BCUT2D eigenvalue weighted by Crippen LogP contribution is 2.29. The van der Waals surface area contributed by atoms with E-state index < -0.39 is 10.0 Å². The standard InChI is InChI=1S/C20H23ClN4O5S/c1-29-18-3-2-15(21)11-19(18)31(27,28)23-16-10-14-13-25(5-4-17(14)22-12-16)20(26)24-6-8-30-9-7-24/h2-3,10-12,23H,4-9,13H2,1H3. The number of aromatic nitrogens is 1. The third-order valence-corrected chi connectivity index (χ3v) is 6.90. The van der Waals surface area contributed by atoms with Crippen LogP contribution in [0.15, 0.2) is 35.4 Å². The summed E-state index contributed by atoms with van der Waals surface area (Å²) in [6.07, 6.45) is 2.09. The van der Waals surface area contributed by atoms with E-state index in [0.717, 1.165) is 11.3 Å². The van der Waals surface area contributed by atoms with Gasteiger partial charge in [0.15, 0.2) is 0 Å². The number of pyridine rings is 1. The molecule has 1 saturated heterocycles. The summed E-state index contributed by atoms with van der Waals surface area (Å²) in [5, 5.41) is 0.280. The van der Waals surface area contributed by atoms with Gasteiger partial charge in [-0.25, -0.2) is 13.2 Å². The van der Waals surface area contributed by atoms with Gasteiger partial charge in [0.05, 0.1) is 32.2 Å². The zero-order valence-corrected chi connectivity index (χ0v) is 18.6. The average molecular weight is 467 g/mol. The highest BCUT2D eigenvalue weighted by molar-refractivity contribution is 7.92. The van der Waals surface area contributed by atoms with Gasteiger partial charge in [0.25, 0.3) is 10.0 Å². The van der Waals surface area contributed by atoms with Crippen molar-refractivity contribution in [2.45, 2.75) is 17.9 Å². The highest BCUT2D eigenvalue weighted by atomic mass is 35.5. The fourth-order valence-electron chi connectivity index (χ4n) is 3.67. The Labute approximate surface area is 186 Å². The fourth-order valence-corrected chi connectivity index (χ4v) is 5.14. The van der Waals surface area contributed by atoms with E-state index in [1.165, 1.54) is 25.4 Å². The normalized spacial score (nSPS) is 16.6. The van der Waals surface area contributed by atoms with E-state index in [9.17, 15) is 13.2 Å². The van der Waals surface area contributed by atoms with Crippen LogP contribution in [0.1, 0.15) is 11.3 Å². The quantitative estimate of drug-likeness (QED) is 0.742. The van der Waals surface area contributed by atoms with Gasteiger partial charge in [-0.1, -0.05) is 11.6 Å². The van der Waals surface area contributed by atoms with Gasteiger partial charge >= 0.3 is 6.03 Å². The van der Waals surface area contributed by atoms with Gasteiger partial charge in [-0.15, -0.1) is 0 Å². The molecule has 2 aliphatic rings. The Hall–Kier alpha value is -2.56. The number of benzene rings is 1. The second-order valence-corrected chi connectivity index (χ2v) is 9.37. The zero-order chi connectivity index (χ0) is 22.0. The molecule has 2 amide bonds. The summed E-state index contributed by atoms with van der Waals surface area (Å²) in [6.45, 7) is 3.16. The van der Waals surface area contributed by atoms with Crippen LogP contribution >= 0.6 is 11.6 Å². The summed E-state index contributed by atoms with van der Waals surface area (Å²) in [7, 11) is -2.56. The third kappa shape index (κ3) is 4.70. The Bertz CT molecular complexity index is 1090. The van der Waals surface area contributed by atoms with Crippen molar-refractivity contribution < 1.29 is 22.7 Å². The number of hydrogen-bond donors (Lipinski definition) is 1. The summed E-state index contributed by atoms with van der Waals surface area (Å²) in [5.74, 6) is 0.185. The molecule has 0 saturated carbocycles. The fraction of sp³-hybridized carbons (Fsp3) is 0.400. The van der Waals surface area contributed by atoms with Gasteiger partial charge in [0, 0.05) is 43.3 Å². The smallest absolute Gasteiger partial charge is 0.320 e. The van der Waals surface area contributed by atoms with E-state index >= 15 is 0 Å². The van der Waals surface area contributed by atoms with Crippen LogP contribution in [0.3, 0.4) is 0 Å². The minimum absolute atomic E-state index is 0.0383. The molecule has 0 bridgehead atoms. The van der Waals surface area contributed by atoms with Gasteiger partial charge < -0.3 is 19.3 Å². The Balaban J connectivity index is 1.53. The molecule has 11 heteroatoms. The SMILES string of the molecule is COc1ccc(Cl)cc1S(=O)(=O)Nc1cnc2c(c1)CN(C(=O)N1CCOCC1)CC2. The molecule has 4 rings (SSSR count). The number of rotatable bonds is 4. The van der Waals surface area contributed by atoms with E-state index in [0.29, 0.717) is 51.5 Å². The van der Waals surface area contributed by atoms with E-state index in [2.05, 4.69) is 9.71 Å². The maximum atomic E-state index is 12.9. The van der Waals surface area contributed by atoms with Crippen molar-refractivity contribution in [2.75, 3.05) is 44.7 Å². The topological polar surface area (TPSA) is 101 Å². The molecule has 2 aliphatic heterocycles. The predicted molar refractivity (Wildman–Crippen MR) is 115 cm³/mol. The molecule has 0 aliphatic carbocycles. The molecule has 1 aromatic heterocycles. The zero-order valence-electron chi connectivity index (χ0n) is 17.0. The van der Waals surface area contributed by atoms with E-state index in [1.54, 1.807) is 21.9 Å². The number of methoxy groups -OCH3 is 1. The van der Waals surface area contributed by atoms with Crippen molar-refractivity contribution in [1.82, 2.24) is 14.8 Å². The first kappa shape index (κ1) is 21.7. The van der Waals surface area contributed by atoms with E-state index in [1.807, 2.05) is 0 Å². The third-order valence-electron chi connectivity index (χ3n) is 5.26. The van der Waals surface area contributed by atoms with Crippen molar-refractivity contribution in [3.05, 3.63) is 46.7 Å². The molecular weight excluding hydrogens is 444 g/mol. The van der Waals surface area contributed by atoms with Crippen LogP contribution < -0.4 is 9.46 Å². The molecule has 9 nitrogen and oxygen atoms in total. The largest absolute Gasteiger partial charge is 0.495 e. The monoisotopic (exact) mass is 466 g/mol. The molecule has 0 atom stereocenters. The van der Waals surface area contributed by atoms with E-state index in [-0.39, 0.29) is 21.7 Å². The lowest BCUT2D eigenvalue weighted by Gasteiger charge is -2.35. The molecule has 0 unspecified atom stereocenters. The number of amides is 2. The van der Waals surface area contributed by atoms with Crippen molar-refractivity contribution in [3.8, 4) is 5.75 Å². The maximum absolute atomic E-state index is 12.9. The van der Waals surface area contributed by atoms with E-state index in [4.69, 9.17) is 21.1 Å². The molecule has 2 aromatic rings. The number of nitrogens with zero attached hydrogens (tertiary/aromatic N) is 3. The van der Waals surface area contributed by atoms with Gasteiger partial charge in [0.2, 0.25) is 0 Å². The first-order chi connectivity index (χ1) is 14.9. The number of carbonyl (C=O) groups is 1. The Kier molecular flexibility index (Phi) is 6.22. The Morgan fingerprint density at radius 2 is 1.97 bits per heavy atom. The molecule has 0 spiro atoms. The molecule has 166 valence electrons. The van der Waals surface area contributed by atoms with Crippen molar-refractivity contribution in [3.63, 3.8) is 0 Å². The van der Waals surface area contributed by atoms with Gasteiger partial charge in [-0.2, -0.15) is 0 Å². The minimum atomic E-state index is -3.95. The molecule has 3 heterocycles. The van der Waals surface area contributed by atoms with Gasteiger partial charge in [-0.3, -0.25) is 9.71 Å². The number of halogens is 1. The molecule has 0 radical (unpaired) electrons. The summed E-state index contributed by atoms with van der Waals surface area (Å²) in [4.78, 5) is 20.7. The van der Waals surface area contributed by atoms with Gasteiger partial charge in [0.1, 0.15) is 10.6 Å². The summed E-state index contributed by atoms with van der Waals surface area (Å²) in [6, 6.07) is 6.06. The van der Waals surface area contributed by atoms with Crippen LogP contribution in [-0.4, -0.2) is 69.2 Å². The van der Waals surface area contributed by atoms with Crippen molar-refractivity contribution in [1.29, 1.82) is 0 Å². The number of carbonyl (C=O) groups excluding carboxylic acids is 1. The van der Waals surface area contributed by atoms with Crippen LogP contribution in [0.2, 0.25) is 5.02 Å². The maximum Gasteiger partial charge on any atom is 0.320 e. The van der Waals surface area contributed by atoms with Crippen LogP contribution in [0.5, 0.6) is 5.75 Å². The summed E-state index contributed by atoms with van der Waals surface area (Å²) >= 11 is 5.98. The number of anilines is 1. The molecule has 1 fully saturated rings. The first-order valence-electron chi connectivity index (χ1n) is 9.83. The van der Waals surface area contributed by atoms with Crippen molar-refractivity contribution in [2.24, 2.45) is 0 Å². The lowest BCUT2D eigenvalue weighted by Crippen LogP contribution is -2.49. The molecule has 31 heavy (non-hydrogen) atoms. The van der Waals surface area contributed by atoms with Gasteiger partial charge in [-0.05, 0) is 29.8 Å². The Morgan fingerprint density at radius 3 is 2.71 bits per heavy atom. The number of sulfonamides is 1. The second kappa shape index (κ2) is 8.89. The second-order valence-electron chi connectivity index (χ2n) is 7.28. The Morgan fingerprint density at radius 1 is 1.19 bits per heavy atom. The van der Waals surface area contributed by atoms with Crippen molar-refractivity contribution >= 4 is 33.3 Å². The number of hydrogen-bond acceptors (Lipinski definition) is 6. The number of urea groups is 1.